The maximum atomic E-state index is 13.6. The van der Waals surface area contributed by atoms with Crippen molar-refractivity contribution in [1.29, 1.82) is 0 Å². The van der Waals surface area contributed by atoms with Crippen LogP contribution in [0, 0.1) is 6.92 Å². The molecule has 0 bridgehead atoms. The van der Waals surface area contributed by atoms with Gasteiger partial charge in [-0.25, -0.2) is 0 Å². The number of carbonyl (C=O) groups excluding carboxylic acids is 1. The third-order valence-corrected chi connectivity index (χ3v) is 7.29. The van der Waals surface area contributed by atoms with E-state index in [0.717, 1.165) is 46.5 Å². The predicted molar refractivity (Wildman–Crippen MR) is 136 cm³/mol. The molecule has 0 saturated heterocycles. The highest BCUT2D eigenvalue weighted by molar-refractivity contribution is 6.00. The first-order chi connectivity index (χ1) is 17.2. The van der Waals surface area contributed by atoms with Crippen molar-refractivity contribution in [3.8, 4) is 17.0 Å². The SMILES string of the molecule is Cc1ccc(-c2n[nH]c3c2C(c2ccc(OCc4ccccc4)cc2)N(C2CCCC2)C3=O)cc1. The molecule has 3 aromatic carbocycles. The molecule has 5 nitrogen and oxygen atoms in total. The average molecular weight is 464 g/mol. The second kappa shape index (κ2) is 9.06. The molecule has 5 heteroatoms. The third-order valence-electron chi connectivity index (χ3n) is 7.29. The highest BCUT2D eigenvalue weighted by atomic mass is 16.5. The molecule has 0 spiro atoms. The lowest BCUT2D eigenvalue weighted by Gasteiger charge is -2.32. The van der Waals surface area contributed by atoms with E-state index in [-0.39, 0.29) is 18.0 Å². The molecule has 1 fully saturated rings. The van der Waals surface area contributed by atoms with E-state index < -0.39 is 0 Å². The fourth-order valence-electron chi connectivity index (χ4n) is 5.47. The Bertz CT molecular complexity index is 1320. The van der Waals surface area contributed by atoms with E-state index >= 15 is 0 Å². The van der Waals surface area contributed by atoms with Gasteiger partial charge in [0, 0.05) is 17.2 Å². The second-order valence-electron chi connectivity index (χ2n) is 9.62. The first kappa shape index (κ1) is 21.7. The normalized spacial score (nSPS) is 17.7. The van der Waals surface area contributed by atoms with Gasteiger partial charge in [-0.3, -0.25) is 9.89 Å². The molecule has 1 N–H and O–H groups in total. The van der Waals surface area contributed by atoms with Gasteiger partial charge in [0.15, 0.2) is 0 Å². The van der Waals surface area contributed by atoms with Crippen LogP contribution in [0.4, 0.5) is 0 Å². The molecule has 176 valence electrons. The van der Waals surface area contributed by atoms with E-state index in [1.54, 1.807) is 0 Å². The summed E-state index contributed by atoms with van der Waals surface area (Å²) in [6.07, 6.45) is 4.45. The van der Waals surface area contributed by atoms with E-state index in [2.05, 4.69) is 70.6 Å². The third kappa shape index (κ3) is 4.01. The number of carbonyl (C=O) groups is 1. The smallest absolute Gasteiger partial charge is 0.273 e. The first-order valence-electron chi connectivity index (χ1n) is 12.4. The Labute approximate surface area is 205 Å². The average Bonchev–Trinajstić information content (AvgIpc) is 3.62. The van der Waals surface area contributed by atoms with Crippen LogP contribution in [0.2, 0.25) is 0 Å². The van der Waals surface area contributed by atoms with Crippen LogP contribution in [0.1, 0.15) is 64.5 Å². The maximum Gasteiger partial charge on any atom is 0.273 e. The van der Waals surface area contributed by atoms with Crippen LogP contribution >= 0.6 is 0 Å². The summed E-state index contributed by atoms with van der Waals surface area (Å²) in [4.78, 5) is 15.7. The fraction of sp³-hybridized carbons (Fsp3) is 0.267. The Hall–Kier alpha value is -3.86. The summed E-state index contributed by atoms with van der Waals surface area (Å²) in [6, 6.07) is 26.9. The second-order valence-corrected chi connectivity index (χ2v) is 9.62. The number of nitrogens with zero attached hydrogens (tertiary/aromatic N) is 2. The Balaban J connectivity index is 1.35. The van der Waals surface area contributed by atoms with Gasteiger partial charge in [-0.15, -0.1) is 0 Å². The number of H-pyrrole nitrogens is 1. The van der Waals surface area contributed by atoms with Gasteiger partial charge in [0.2, 0.25) is 0 Å². The number of aromatic amines is 1. The zero-order chi connectivity index (χ0) is 23.8. The van der Waals surface area contributed by atoms with Gasteiger partial charge in [0.05, 0.1) is 11.7 Å². The number of nitrogens with one attached hydrogen (secondary N) is 1. The standard InChI is InChI=1S/C30H29N3O2/c1-20-11-13-22(14-12-20)27-26-28(32-31-27)30(34)33(24-9-5-6-10-24)29(26)23-15-17-25(18-16-23)35-19-21-7-3-2-4-8-21/h2-4,7-8,11-18,24,29H,5-6,9-10,19H2,1H3,(H,31,32). The molecule has 1 saturated carbocycles. The predicted octanol–water partition coefficient (Wildman–Crippen LogP) is 6.45. The molecule has 6 rings (SSSR count). The zero-order valence-corrected chi connectivity index (χ0v) is 19.9. The van der Waals surface area contributed by atoms with Crippen molar-refractivity contribution >= 4 is 5.91 Å². The summed E-state index contributed by atoms with van der Waals surface area (Å²) in [7, 11) is 0. The van der Waals surface area contributed by atoms with E-state index in [1.165, 1.54) is 18.4 Å². The molecular formula is C30H29N3O2. The Kier molecular flexibility index (Phi) is 5.61. The monoisotopic (exact) mass is 463 g/mol. The van der Waals surface area contributed by atoms with E-state index in [9.17, 15) is 4.79 Å². The van der Waals surface area contributed by atoms with E-state index in [0.29, 0.717) is 12.3 Å². The molecule has 1 aliphatic carbocycles. The number of amides is 1. The minimum Gasteiger partial charge on any atom is -0.489 e. The van der Waals surface area contributed by atoms with Crippen LogP contribution in [0.3, 0.4) is 0 Å². The number of aromatic nitrogens is 2. The molecule has 35 heavy (non-hydrogen) atoms. The molecule has 1 atom stereocenters. The minimum atomic E-state index is -0.154. The number of rotatable bonds is 6. The Morgan fingerprint density at radius 2 is 1.66 bits per heavy atom. The van der Waals surface area contributed by atoms with Crippen LogP contribution in [0.25, 0.3) is 11.3 Å². The highest BCUT2D eigenvalue weighted by Gasteiger charge is 2.45. The van der Waals surface area contributed by atoms with Crippen LogP contribution in [-0.4, -0.2) is 27.0 Å². The summed E-state index contributed by atoms with van der Waals surface area (Å²) < 4.78 is 6.02. The zero-order valence-electron chi connectivity index (χ0n) is 19.9. The molecule has 1 aromatic heterocycles. The summed E-state index contributed by atoms with van der Waals surface area (Å²) in [6.45, 7) is 2.61. The summed E-state index contributed by atoms with van der Waals surface area (Å²) in [5.41, 5.74) is 6.94. The topological polar surface area (TPSA) is 58.2 Å². The summed E-state index contributed by atoms with van der Waals surface area (Å²) in [5.74, 6) is 0.882. The number of hydrogen-bond donors (Lipinski definition) is 1. The van der Waals surface area contributed by atoms with Crippen molar-refractivity contribution in [3.05, 3.63) is 107 Å². The van der Waals surface area contributed by atoms with Crippen molar-refractivity contribution in [2.75, 3.05) is 0 Å². The van der Waals surface area contributed by atoms with Gasteiger partial charge >= 0.3 is 0 Å². The molecule has 1 unspecified atom stereocenters. The summed E-state index contributed by atoms with van der Waals surface area (Å²) >= 11 is 0. The number of aryl methyl sites for hydroxylation is 1. The molecule has 1 aliphatic heterocycles. The first-order valence-corrected chi connectivity index (χ1v) is 12.4. The van der Waals surface area contributed by atoms with Crippen molar-refractivity contribution in [2.24, 2.45) is 0 Å². The number of hydrogen-bond acceptors (Lipinski definition) is 3. The largest absolute Gasteiger partial charge is 0.489 e. The van der Waals surface area contributed by atoms with Crippen LogP contribution < -0.4 is 4.74 Å². The number of fused-ring (bicyclic) bond motifs is 1. The summed E-state index contributed by atoms with van der Waals surface area (Å²) in [5, 5.41) is 7.69. The van der Waals surface area contributed by atoms with Gasteiger partial charge in [-0.1, -0.05) is 85.1 Å². The molecule has 2 aliphatic rings. The molecule has 4 aromatic rings. The Morgan fingerprint density at radius 1 is 0.943 bits per heavy atom. The van der Waals surface area contributed by atoms with Crippen LogP contribution in [-0.2, 0) is 6.61 Å². The van der Waals surface area contributed by atoms with Crippen molar-refractivity contribution in [1.82, 2.24) is 15.1 Å². The van der Waals surface area contributed by atoms with Crippen molar-refractivity contribution in [3.63, 3.8) is 0 Å². The number of ether oxygens (including phenoxy) is 1. The van der Waals surface area contributed by atoms with Gasteiger partial charge in [-0.2, -0.15) is 5.10 Å². The van der Waals surface area contributed by atoms with Gasteiger partial charge < -0.3 is 9.64 Å². The molecule has 2 heterocycles. The highest BCUT2D eigenvalue weighted by Crippen LogP contribution is 2.46. The van der Waals surface area contributed by atoms with Gasteiger partial charge in [0.25, 0.3) is 5.91 Å². The molecule has 0 radical (unpaired) electrons. The lowest BCUT2D eigenvalue weighted by Crippen LogP contribution is -2.37. The molecular weight excluding hydrogens is 434 g/mol. The van der Waals surface area contributed by atoms with Gasteiger partial charge in [0.1, 0.15) is 18.1 Å². The lowest BCUT2D eigenvalue weighted by atomic mass is 9.95. The fourth-order valence-corrected chi connectivity index (χ4v) is 5.47. The minimum absolute atomic E-state index is 0.0622. The van der Waals surface area contributed by atoms with Crippen molar-refractivity contribution in [2.45, 2.75) is 51.3 Å². The van der Waals surface area contributed by atoms with E-state index in [4.69, 9.17) is 4.74 Å². The van der Waals surface area contributed by atoms with Crippen molar-refractivity contribution < 1.29 is 9.53 Å². The molecule has 1 amide bonds. The van der Waals surface area contributed by atoms with Crippen LogP contribution in [0.5, 0.6) is 5.75 Å². The van der Waals surface area contributed by atoms with E-state index in [1.807, 2.05) is 30.3 Å². The number of benzene rings is 3. The van der Waals surface area contributed by atoms with Gasteiger partial charge in [-0.05, 0) is 43.0 Å². The lowest BCUT2D eigenvalue weighted by molar-refractivity contribution is 0.0660. The Morgan fingerprint density at radius 3 is 2.37 bits per heavy atom. The van der Waals surface area contributed by atoms with Crippen LogP contribution in [0.15, 0.2) is 78.9 Å². The quantitative estimate of drug-likeness (QED) is 0.357. The maximum absolute atomic E-state index is 13.6.